The first-order valence-corrected chi connectivity index (χ1v) is 11.2. The van der Waals surface area contributed by atoms with Crippen molar-refractivity contribution in [1.82, 2.24) is 14.8 Å². The predicted molar refractivity (Wildman–Crippen MR) is 109 cm³/mol. The van der Waals surface area contributed by atoms with E-state index in [1.165, 1.54) is 5.56 Å². The predicted octanol–water partition coefficient (Wildman–Crippen LogP) is 2.88. The Kier molecular flexibility index (Phi) is 4.92. The lowest BCUT2D eigenvalue weighted by Gasteiger charge is -2.31. The Morgan fingerprint density at radius 3 is 2.65 bits per heavy atom. The van der Waals surface area contributed by atoms with Crippen LogP contribution in [-0.2, 0) is 4.79 Å². The Morgan fingerprint density at radius 1 is 1.12 bits per heavy atom. The molecule has 26 heavy (non-hydrogen) atoms. The number of amides is 2. The molecule has 1 aromatic heterocycles. The number of thioether (sulfide) groups is 2. The fourth-order valence-corrected chi connectivity index (χ4v) is 5.76. The molecule has 2 aromatic rings. The summed E-state index contributed by atoms with van der Waals surface area (Å²) in [4.78, 5) is 33.0. The molecule has 138 valence electrons. The second-order valence-corrected chi connectivity index (χ2v) is 9.18. The standard InChI is InChI=1S/C19H23N3O2S2/c1-12-7-13(2)14-9-16(20-15(14)8-12)18(23)22-11-26-10-17(22)19(24)21-3-5-25-6-4-21/h7-9,17,20H,3-6,10-11H2,1-2H3. The molecular weight excluding hydrogens is 366 g/mol. The minimum Gasteiger partial charge on any atom is -0.351 e. The highest BCUT2D eigenvalue weighted by Crippen LogP contribution is 2.27. The Hall–Kier alpha value is -1.60. The van der Waals surface area contributed by atoms with Crippen LogP contribution in [0.3, 0.4) is 0 Å². The van der Waals surface area contributed by atoms with Crippen molar-refractivity contribution in [3.05, 3.63) is 35.0 Å². The molecular formula is C19H23N3O2S2. The van der Waals surface area contributed by atoms with Crippen LogP contribution in [0, 0.1) is 13.8 Å². The number of H-pyrrole nitrogens is 1. The number of rotatable bonds is 2. The van der Waals surface area contributed by atoms with Crippen molar-refractivity contribution in [2.45, 2.75) is 19.9 Å². The molecule has 4 rings (SSSR count). The van der Waals surface area contributed by atoms with Gasteiger partial charge in [-0.25, -0.2) is 0 Å². The maximum atomic E-state index is 13.1. The Bertz CT molecular complexity index is 858. The van der Waals surface area contributed by atoms with Gasteiger partial charge in [-0.15, -0.1) is 11.8 Å². The van der Waals surface area contributed by atoms with E-state index in [4.69, 9.17) is 0 Å². The summed E-state index contributed by atoms with van der Waals surface area (Å²) in [6, 6.07) is 5.77. The molecule has 1 atom stereocenters. The fourth-order valence-electron chi connectivity index (χ4n) is 3.71. The van der Waals surface area contributed by atoms with E-state index in [1.807, 2.05) is 22.7 Å². The van der Waals surface area contributed by atoms with Crippen LogP contribution < -0.4 is 0 Å². The van der Waals surface area contributed by atoms with Crippen LogP contribution in [-0.4, -0.2) is 68.9 Å². The average molecular weight is 390 g/mol. The minimum atomic E-state index is -0.343. The number of aromatic nitrogens is 1. The zero-order chi connectivity index (χ0) is 18.3. The van der Waals surface area contributed by atoms with Crippen LogP contribution in [0.1, 0.15) is 21.6 Å². The van der Waals surface area contributed by atoms with E-state index in [9.17, 15) is 9.59 Å². The third-order valence-electron chi connectivity index (χ3n) is 5.07. The van der Waals surface area contributed by atoms with E-state index in [1.54, 1.807) is 16.7 Å². The molecule has 0 spiro atoms. The van der Waals surface area contributed by atoms with E-state index in [2.05, 4.69) is 31.0 Å². The largest absolute Gasteiger partial charge is 0.351 e. The Balaban J connectivity index is 1.58. The van der Waals surface area contributed by atoms with Gasteiger partial charge in [-0.3, -0.25) is 9.59 Å². The first kappa shape index (κ1) is 17.8. The third kappa shape index (κ3) is 3.22. The molecule has 5 nitrogen and oxygen atoms in total. The lowest BCUT2D eigenvalue weighted by atomic mass is 10.1. The number of fused-ring (bicyclic) bond motifs is 1. The zero-order valence-corrected chi connectivity index (χ0v) is 16.7. The highest BCUT2D eigenvalue weighted by atomic mass is 32.2. The number of hydrogen-bond donors (Lipinski definition) is 1. The average Bonchev–Trinajstić information content (AvgIpc) is 3.28. The Morgan fingerprint density at radius 2 is 1.88 bits per heavy atom. The normalized spacial score (nSPS) is 20.8. The van der Waals surface area contributed by atoms with Gasteiger partial charge in [0, 0.05) is 41.3 Å². The first-order valence-electron chi connectivity index (χ1n) is 8.90. The van der Waals surface area contributed by atoms with Gasteiger partial charge < -0.3 is 14.8 Å². The molecule has 2 aliphatic rings. The molecule has 1 aromatic carbocycles. The topological polar surface area (TPSA) is 56.4 Å². The van der Waals surface area contributed by atoms with Gasteiger partial charge >= 0.3 is 0 Å². The molecule has 0 aliphatic carbocycles. The second-order valence-electron chi connectivity index (χ2n) is 6.95. The van der Waals surface area contributed by atoms with Crippen molar-refractivity contribution in [2.75, 3.05) is 36.2 Å². The number of aromatic amines is 1. The van der Waals surface area contributed by atoms with Crippen LogP contribution in [0.5, 0.6) is 0 Å². The van der Waals surface area contributed by atoms with E-state index in [0.717, 1.165) is 41.1 Å². The summed E-state index contributed by atoms with van der Waals surface area (Å²) in [6.45, 7) is 5.69. The maximum Gasteiger partial charge on any atom is 0.271 e. The quantitative estimate of drug-likeness (QED) is 0.858. The highest BCUT2D eigenvalue weighted by Gasteiger charge is 2.38. The summed E-state index contributed by atoms with van der Waals surface area (Å²) >= 11 is 3.54. The molecule has 2 saturated heterocycles. The van der Waals surface area contributed by atoms with Gasteiger partial charge in [0.15, 0.2) is 0 Å². The summed E-state index contributed by atoms with van der Waals surface area (Å²) < 4.78 is 0. The minimum absolute atomic E-state index is 0.0759. The number of hydrogen-bond acceptors (Lipinski definition) is 4. The molecule has 0 saturated carbocycles. The van der Waals surface area contributed by atoms with Gasteiger partial charge in [0.25, 0.3) is 5.91 Å². The van der Waals surface area contributed by atoms with Gasteiger partial charge in [-0.2, -0.15) is 11.8 Å². The number of nitrogens with zero attached hydrogens (tertiary/aromatic N) is 2. The molecule has 1 N–H and O–H groups in total. The Labute approximate surface area is 161 Å². The van der Waals surface area contributed by atoms with Crippen molar-refractivity contribution in [3.8, 4) is 0 Å². The molecule has 3 heterocycles. The maximum absolute atomic E-state index is 13.1. The van der Waals surface area contributed by atoms with Crippen molar-refractivity contribution >= 4 is 46.2 Å². The first-order chi connectivity index (χ1) is 12.5. The number of aryl methyl sites for hydroxylation is 2. The highest BCUT2D eigenvalue weighted by molar-refractivity contribution is 7.99. The molecule has 2 fully saturated rings. The SMILES string of the molecule is Cc1cc(C)c2cc(C(=O)N3CSCC3C(=O)N3CCSCC3)[nH]c2c1. The summed E-state index contributed by atoms with van der Waals surface area (Å²) in [5.41, 5.74) is 3.88. The van der Waals surface area contributed by atoms with Gasteiger partial charge in [-0.05, 0) is 37.1 Å². The number of benzene rings is 1. The van der Waals surface area contributed by atoms with Crippen molar-refractivity contribution in [3.63, 3.8) is 0 Å². The summed E-state index contributed by atoms with van der Waals surface area (Å²) in [5.74, 6) is 3.26. The summed E-state index contributed by atoms with van der Waals surface area (Å²) in [7, 11) is 0. The summed E-state index contributed by atoms with van der Waals surface area (Å²) in [6.07, 6.45) is 0. The molecule has 2 amide bonds. The van der Waals surface area contributed by atoms with Gasteiger partial charge in [0.05, 0.1) is 5.88 Å². The lowest BCUT2D eigenvalue weighted by Crippen LogP contribution is -2.51. The third-order valence-corrected chi connectivity index (χ3v) is 7.03. The van der Waals surface area contributed by atoms with Gasteiger partial charge in [-0.1, -0.05) is 6.07 Å². The van der Waals surface area contributed by atoms with Gasteiger partial charge in [0.2, 0.25) is 5.91 Å². The van der Waals surface area contributed by atoms with Crippen molar-refractivity contribution < 1.29 is 9.59 Å². The monoisotopic (exact) mass is 389 g/mol. The van der Waals surface area contributed by atoms with Crippen molar-refractivity contribution in [1.29, 1.82) is 0 Å². The van der Waals surface area contributed by atoms with Crippen molar-refractivity contribution in [2.24, 2.45) is 0 Å². The summed E-state index contributed by atoms with van der Waals surface area (Å²) in [5, 5.41) is 1.07. The smallest absolute Gasteiger partial charge is 0.271 e. The molecule has 0 radical (unpaired) electrons. The number of carbonyl (C=O) groups is 2. The zero-order valence-electron chi connectivity index (χ0n) is 15.1. The lowest BCUT2D eigenvalue weighted by molar-refractivity contribution is -0.134. The molecule has 1 unspecified atom stereocenters. The number of carbonyl (C=O) groups excluding carboxylic acids is 2. The second kappa shape index (κ2) is 7.19. The van der Waals surface area contributed by atoms with E-state index >= 15 is 0 Å². The van der Waals surface area contributed by atoms with Crippen LogP contribution in [0.4, 0.5) is 0 Å². The molecule has 2 aliphatic heterocycles. The van der Waals surface area contributed by atoms with Crippen LogP contribution in [0.25, 0.3) is 10.9 Å². The van der Waals surface area contributed by atoms with Gasteiger partial charge in [0.1, 0.15) is 11.7 Å². The van der Waals surface area contributed by atoms with E-state index in [-0.39, 0.29) is 17.9 Å². The van der Waals surface area contributed by atoms with Crippen LogP contribution >= 0.6 is 23.5 Å². The van der Waals surface area contributed by atoms with E-state index in [0.29, 0.717) is 17.3 Å². The molecule has 7 heteroatoms. The van der Waals surface area contributed by atoms with Crippen LogP contribution in [0.15, 0.2) is 18.2 Å². The van der Waals surface area contributed by atoms with Crippen LogP contribution in [0.2, 0.25) is 0 Å². The number of nitrogens with one attached hydrogen (secondary N) is 1. The molecule has 0 bridgehead atoms. The fraction of sp³-hybridized carbons (Fsp3) is 0.474. The van der Waals surface area contributed by atoms with E-state index < -0.39 is 0 Å².